The smallest absolute Gasteiger partial charge is 0.433 e. The van der Waals surface area contributed by atoms with Crippen LogP contribution in [0.3, 0.4) is 0 Å². The molecule has 1 heterocycles. The zero-order valence-electron chi connectivity index (χ0n) is 15.1. The largest absolute Gasteiger partial charge is 0.493 e. The summed E-state index contributed by atoms with van der Waals surface area (Å²) in [5, 5.41) is 2.61. The second kappa shape index (κ2) is 7.34. The maximum atomic E-state index is 13.3. The second-order valence-corrected chi connectivity index (χ2v) is 5.95. The van der Waals surface area contributed by atoms with Crippen LogP contribution in [0.5, 0.6) is 11.5 Å². The van der Waals surface area contributed by atoms with Gasteiger partial charge >= 0.3 is 12.4 Å². The number of nitrogens with zero attached hydrogens (tertiary/aromatic N) is 1. The molecule has 0 bridgehead atoms. The molecule has 2 aromatic carbocycles. The number of ether oxygens (including phenoxy) is 2. The number of alkyl halides is 6. The Bertz CT molecular complexity index is 1050. The van der Waals surface area contributed by atoms with Crippen LogP contribution in [0, 0.1) is 0 Å². The summed E-state index contributed by atoms with van der Waals surface area (Å²) in [5.41, 5.74) is -3.37. The summed E-state index contributed by atoms with van der Waals surface area (Å²) in [7, 11) is 2.79. The molecule has 0 spiro atoms. The molecular weight excluding hydrogens is 402 g/mol. The van der Waals surface area contributed by atoms with Gasteiger partial charge in [0.1, 0.15) is 5.69 Å². The van der Waals surface area contributed by atoms with Gasteiger partial charge in [-0.25, -0.2) is 4.98 Å². The minimum atomic E-state index is -4.93. The first-order valence-corrected chi connectivity index (χ1v) is 8.12. The molecule has 0 saturated heterocycles. The Balaban J connectivity index is 2.21. The maximum absolute atomic E-state index is 13.3. The first-order valence-electron chi connectivity index (χ1n) is 8.12. The third-order valence-corrected chi connectivity index (χ3v) is 4.10. The highest BCUT2D eigenvalue weighted by atomic mass is 19.4. The van der Waals surface area contributed by atoms with Crippen molar-refractivity contribution in [3.63, 3.8) is 0 Å². The molecule has 0 unspecified atom stereocenters. The molecule has 29 heavy (non-hydrogen) atoms. The first-order chi connectivity index (χ1) is 13.5. The van der Waals surface area contributed by atoms with E-state index in [0.29, 0.717) is 29.3 Å². The maximum Gasteiger partial charge on any atom is 0.433 e. The van der Waals surface area contributed by atoms with Crippen LogP contribution in [0.15, 0.2) is 42.5 Å². The number of benzene rings is 2. The van der Waals surface area contributed by atoms with Gasteiger partial charge in [-0.15, -0.1) is 0 Å². The normalized spacial score (nSPS) is 12.1. The van der Waals surface area contributed by atoms with E-state index in [4.69, 9.17) is 9.47 Å². The fourth-order valence-corrected chi connectivity index (χ4v) is 2.80. The van der Waals surface area contributed by atoms with Gasteiger partial charge < -0.3 is 14.8 Å². The van der Waals surface area contributed by atoms with Gasteiger partial charge in [-0.2, -0.15) is 26.3 Å². The standard InChI is InChI=1S/C19H14F6N2O2/c1-28-14-7-6-10(8-15(14)29-2)26-13-9-16(19(23,24)25)27-17-11(13)4-3-5-12(17)18(20,21)22/h3-9H,1-2H3,(H,26,27). The lowest BCUT2D eigenvalue weighted by atomic mass is 10.1. The predicted octanol–water partition coefficient (Wildman–Crippen LogP) is 6.03. The average Bonchev–Trinajstić information content (AvgIpc) is 2.65. The summed E-state index contributed by atoms with van der Waals surface area (Å²) in [4.78, 5) is 3.25. The van der Waals surface area contributed by atoms with Gasteiger partial charge in [0.15, 0.2) is 11.5 Å². The summed E-state index contributed by atoms with van der Waals surface area (Å²) in [5.74, 6) is 0.677. The highest BCUT2D eigenvalue weighted by Crippen LogP contribution is 2.40. The lowest BCUT2D eigenvalue weighted by Gasteiger charge is -2.17. The van der Waals surface area contributed by atoms with Crippen molar-refractivity contribution in [1.82, 2.24) is 4.98 Å². The molecule has 3 rings (SSSR count). The lowest BCUT2D eigenvalue weighted by molar-refractivity contribution is -0.142. The van der Waals surface area contributed by atoms with Crippen molar-refractivity contribution >= 4 is 22.3 Å². The molecular formula is C19H14F6N2O2. The topological polar surface area (TPSA) is 43.4 Å². The van der Waals surface area contributed by atoms with E-state index >= 15 is 0 Å². The summed E-state index contributed by atoms with van der Waals surface area (Å²) >= 11 is 0. The Kier molecular flexibility index (Phi) is 5.20. The van der Waals surface area contributed by atoms with E-state index < -0.39 is 29.1 Å². The van der Waals surface area contributed by atoms with E-state index in [1.165, 1.54) is 38.5 Å². The van der Waals surface area contributed by atoms with Crippen LogP contribution in [0.1, 0.15) is 11.3 Å². The Morgan fingerprint density at radius 2 is 1.52 bits per heavy atom. The van der Waals surface area contributed by atoms with Gasteiger partial charge in [0, 0.05) is 17.1 Å². The molecule has 0 aliphatic heterocycles. The van der Waals surface area contributed by atoms with Gasteiger partial charge in [-0.3, -0.25) is 0 Å². The number of anilines is 2. The summed E-state index contributed by atoms with van der Waals surface area (Å²) in [6, 6.07) is 8.19. The van der Waals surface area contributed by atoms with Crippen LogP contribution in [0.25, 0.3) is 10.9 Å². The zero-order valence-corrected chi connectivity index (χ0v) is 15.1. The number of hydrogen-bond donors (Lipinski definition) is 1. The van der Waals surface area contributed by atoms with Crippen LogP contribution >= 0.6 is 0 Å². The van der Waals surface area contributed by atoms with Crippen molar-refractivity contribution in [3.8, 4) is 11.5 Å². The van der Waals surface area contributed by atoms with Gasteiger partial charge in [-0.05, 0) is 24.3 Å². The minimum Gasteiger partial charge on any atom is -0.493 e. The molecule has 0 aliphatic rings. The van der Waals surface area contributed by atoms with Gasteiger partial charge in [0.2, 0.25) is 0 Å². The fourth-order valence-electron chi connectivity index (χ4n) is 2.80. The SMILES string of the molecule is COc1ccc(Nc2cc(C(F)(F)F)nc3c(C(F)(F)F)cccc23)cc1OC. The molecule has 3 aromatic rings. The summed E-state index contributed by atoms with van der Waals surface area (Å²) in [6.45, 7) is 0. The molecule has 0 fully saturated rings. The van der Waals surface area contributed by atoms with Crippen molar-refractivity contribution in [2.75, 3.05) is 19.5 Å². The zero-order chi connectivity index (χ0) is 21.4. The number of fused-ring (bicyclic) bond motifs is 1. The Morgan fingerprint density at radius 1 is 0.828 bits per heavy atom. The summed E-state index contributed by atoms with van der Waals surface area (Å²) in [6.07, 6.45) is -9.79. The fraction of sp³-hybridized carbons (Fsp3) is 0.211. The molecule has 1 N–H and O–H groups in total. The van der Waals surface area contributed by atoms with Crippen LogP contribution in [0.2, 0.25) is 0 Å². The van der Waals surface area contributed by atoms with Gasteiger partial charge in [0.25, 0.3) is 0 Å². The van der Waals surface area contributed by atoms with Crippen molar-refractivity contribution in [3.05, 3.63) is 53.7 Å². The molecule has 0 atom stereocenters. The quantitative estimate of drug-likeness (QED) is 0.527. The van der Waals surface area contributed by atoms with E-state index in [-0.39, 0.29) is 11.1 Å². The Hall–Kier alpha value is -3.17. The van der Waals surface area contributed by atoms with E-state index in [1.54, 1.807) is 0 Å². The molecule has 154 valence electrons. The van der Waals surface area contributed by atoms with Crippen LogP contribution < -0.4 is 14.8 Å². The van der Waals surface area contributed by atoms with E-state index in [0.717, 1.165) is 6.07 Å². The van der Waals surface area contributed by atoms with E-state index in [9.17, 15) is 26.3 Å². The average molecular weight is 416 g/mol. The Morgan fingerprint density at radius 3 is 2.10 bits per heavy atom. The van der Waals surface area contributed by atoms with Crippen molar-refractivity contribution in [1.29, 1.82) is 0 Å². The first kappa shape index (κ1) is 20.6. The van der Waals surface area contributed by atoms with Gasteiger partial charge in [-0.1, -0.05) is 12.1 Å². The molecule has 0 aliphatic carbocycles. The monoisotopic (exact) mass is 416 g/mol. The Labute approximate surface area is 161 Å². The van der Waals surface area contributed by atoms with E-state index in [1.807, 2.05) is 0 Å². The highest BCUT2D eigenvalue weighted by Gasteiger charge is 2.37. The highest BCUT2D eigenvalue weighted by molar-refractivity contribution is 5.95. The number of methoxy groups -OCH3 is 2. The third-order valence-electron chi connectivity index (χ3n) is 4.10. The van der Waals surface area contributed by atoms with Gasteiger partial charge in [0.05, 0.1) is 31.0 Å². The molecule has 10 heteroatoms. The van der Waals surface area contributed by atoms with Crippen molar-refractivity contribution < 1.29 is 35.8 Å². The number of aromatic nitrogens is 1. The number of para-hydroxylation sites is 1. The number of halogens is 6. The lowest BCUT2D eigenvalue weighted by Crippen LogP contribution is -2.12. The van der Waals surface area contributed by atoms with Crippen LogP contribution in [0.4, 0.5) is 37.7 Å². The van der Waals surface area contributed by atoms with Crippen LogP contribution in [-0.2, 0) is 12.4 Å². The third kappa shape index (κ3) is 4.15. The molecule has 0 radical (unpaired) electrons. The second-order valence-electron chi connectivity index (χ2n) is 5.95. The molecule has 1 aromatic heterocycles. The van der Waals surface area contributed by atoms with E-state index in [2.05, 4.69) is 10.3 Å². The number of pyridine rings is 1. The van der Waals surface area contributed by atoms with Crippen LogP contribution in [-0.4, -0.2) is 19.2 Å². The number of nitrogens with one attached hydrogen (secondary N) is 1. The molecule has 0 saturated carbocycles. The van der Waals surface area contributed by atoms with Crippen molar-refractivity contribution in [2.24, 2.45) is 0 Å². The summed E-state index contributed by atoms with van der Waals surface area (Å²) < 4.78 is 90.0. The predicted molar refractivity (Wildman–Crippen MR) is 94.6 cm³/mol. The van der Waals surface area contributed by atoms with Crippen molar-refractivity contribution in [2.45, 2.75) is 12.4 Å². The minimum absolute atomic E-state index is 0.109. The number of rotatable bonds is 4. The molecule has 0 amide bonds. The molecule has 4 nitrogen and oxygen atoms in total. The number of hydrogen-bond acceptors (Lipinski definition) is 4.